The standard InChI is InChI=1S/C15H14N2/c1-2-7-13(8-3-1)16-17-15-11-10-12-6-4-5-9-14(12)15/h1-9,11,16-17H,10H2. The zero-order valence-electron chi connectivity index (χ0n) is 9.48. The number of rotatable bonds is 3. The molecular weight excluding hydrogens is 208 g/mol. The quantitative estimate of drug-likeness (QED) is 0.779. The molecule has 84 valence electrons. The van der Waals surface area contributed by atoms with Gasteiger partial charge in [0.1, 0.15) is 0 Å². The highest BCUT2D eigenvalue weighted by atomic mass is 15.4. The lowest BCUT2D eigenvalue weighted by Crippen LogP contribution is -2.19. The van der Waals surface area contributed by atoms with E-state index < -0.39 is 0 Å². The van der Waals surface area contributed by atoms with Crippen LogP contribution >= 0.6 is 0 Å². The van der Waals surface area contributed by atoms with Crippen LogP contribution in [0.4, 0.5) is 5.69 Å². The molecule has 0 radical (unpaired) electrons. The third-order valence-corrected chi connectivity index (χ3v) is 2.95. The maximum atomic E-state index is 3.27. The molecule has 3 rings (SSSR count). The second-order valence-electron chi connectivity index (χ2n) is 4.10. The van der Waals surface area contributed by atoms with E-state index in [9.17, 15) is 0 Å². The van der Waals surface area contributed by atoms with Gasteiger partial charge in [0.15, 0.2) is 0 Å². The highest BCUT2D eigenvalue weighted by Gasteiger charge is 2.12. The molecule has 0 saturated carbocycles. The fourth-order valence-electron chi connectivity index (χ4n) is 2.06. The summed E-state index contributed by atoms with van der Waals surface area (Å²) in [6, 6.07) is 18.6. The molecule has 0 amide bonds. The number of fused-ring (bicyclic) bond motifs is 1. The lowest BCUT2D eigenvalue weighted by atomic mass is 10.1. The number of benzene rings is 2. The number of hydrogen-bond acceptors (Lipinski definition) is 2. The molecule has 0 fully saturated rings. The third-order valence-electron chi connectivity index (χ3n) is 2.95. The molecule has 0 aromatic heterocycles. The summed E-state index contributed by atoms with van der Waals surface area (Å²) in [5, 5.41) is 0. The van der Waals surface area contributed by atoms with E-state index in [0.29, 0.717) is 0 Å². The summed E-state index contributed by atoms with van der Waals surface area (Å²) < 4.78 is 0. The van der Waals surface area contributed by atoms with Crippen LogP contribution in [0.15, 0.2) is 60.7 Å². The largest absolute Gasteiger partial charge is 0.301 e. The van der Waals surface area contributed by atoms with E-state index in [1.165, 1.54) is 11.1 Å². The zero-order valence-corrected chi connectivity index (χ0v) is 9.48. The number of allylic oxidation sites excluding steroid dienone is 1. The summed E-state index contributed by atoms with van der Waals surface area (Å²) >= 11 is 0. The summed E-state index contributed by atoms with van der Waals surface area (Å²) in [4.78, 5) is 0. The first-order valence-electron chi connectivity index (χ1n) is 5.79. The molecule has 0 bridgehead atoms. The molecule has 2 aromatic rings. The van der Waals surface area contributed by atoms with Crippen LogP contribution in [-0.2, 0) is 6.42 Å². The molecule has 17 heavy (non-hydrogen) atoms. The molecule has 0 heterocycles. The Kier molecular flexibility index (Phi) is 2.54. The van der Waals surface area contributed by atoms with Crippen LogP contribution in [-0.4, -0.2) is 0 Å². The second kappa shape index (κ2) is 4.34. The summed E-state index contributed by atoms with van der Waals surface area (Å²) in [5.41, 5.74) is 11.4. The Morgan fingerprint density at radius 2 is 1.53 bits per heavy atom. The van der Waals surface area contributed by atoms with Gasteiger partial charge in [-0.25, -0.2) is 0 Å². The number of nitrogens with one attached hydrogen (secondary N) is 2. The first kappa shape index (κ1) is 9.97. The van der Waals surface area contributed by atoms with Crippen LogP contribution in [0.5, 0.6) is 0 Å². The molecule has 2 nitrogen and oxygen atoms in total. The van der Waals surface area contributed by atoms with Crippen molar-refractivity contribution in [1.82, 2.24) is 5.43 Å². The van der Waals surface area contributed by atoms with Gasteiger partial charge in [-0.05, 0) is 24.1 Å². The monoisotopic (exact) mass is 222 g/mol. The molecule has 1 aliphatic carbocycles. The number of anilines is 1. The van der Waals surface area contributed by atoms with Crippen molar-refractivity contribution in [1.29, 1.82) is 0 Å². The van der Waals surface area contributed by atoms with Gasteiger partial charge in [0.05, 0.1) is 11.4 Å². The fraction of sp³-hybridized carbons (Fsp3) is 0.0667. The Bertz CT molecular complexity index is 544. The van der Waals surface area contributed by atoms with Crippen molar-refractivity contribution in [3.05, 3.63) is 71.8 Å². The van der Waals surface area contributed by atoms with Gasteiger partial charge in [-0.2, -0.15) is 0 Å². The van der Waals surface area contributed by atoms with Crippen LogP contribution < -0.4 is 10.9 Å². The van der Waals surface area contributed by atoms with Gasteiger partial charge < -0.3 is 10.9 Å². The van der Waals surface area contributed by atoms with Gasteiger partial charge in [0, 0.05) is 5.56 Å². The van der Waals surface area contributed by atoms with E-state index in [1.807, 2.05) is 30.3 Å². The highest BCUT2D eigenvalue weighted by Crippen LogP contribution is 2.24. The molecule has 0 saturated heterocycles. The van der Waals surface area contributed by atoms with Gasteiger partial charge in [0.25, 0.3) is 0 Å². The summed E-state index contributed by atoms with van der Waals surface area (Å²) in [5.74, 6) is 0. The molecule has 2 heteroatoms. The molecule has 1 aliphatic rings. The van der Waals surface area contributed by atoms with Crippen LogP contribution in [0.2, 0.25) is 0 Å². The minimum atomic E-state index is 1.01. The van der Waals surface area contributed by atoms with Crippen LogP contribution in [0.25, 0.3) is 5.70 Å². The molecule has 2 aromatic carbocycles. The maximum Gasteiger partial charge on any atom is 0.0578 e. The summed E-state index contributed by atoms with van der Waals surface area (Å²) in [6.07, 6.45) is 3.22. The minimum absolute atomic E-state index is 1.01. The number of para-hydroxylation sites is 1. The SMILES string of the molecule is C1=C(NNc2ccccc2)c2ccccc2C1. The molecule has 0 aliphatic heterocycles. The average Bonchev–Trinajstić information content (AvgIpc) is 2.81. The van der Waals surface area contributed by atoms with Gasteiger partial charge in [-0.1, -0.05) is 48.5 Å². The highest BCUT2D eigenvalue weighted by molar-refractivity contribution is 5.72. The van der Waals surface area contributed by atoms with Gasteiger partial charge in [0.2, 0.25) is 0 Å². The van der Waals surface area contributed by atoms with Crippen molar-refractivity contribution in [3.8, 4) is 0 Å². The van der Waals surface area contributed by atoms with E-state index in [4.69, 9.17) is 0 Å². The molecule has 2 N–H and O–H groups in total. The Hall–Kier alpha value is -2.22. The first-order chi connectivity index (χ1) is 8.43. The topological polar surface area (TPSA) is 24.1 Å². The molecule has 0 spiro atoms. The maximum absolute atomic E-state index is 3.27. The lowest BCUT2D eigenvalue weighted by Gasteiger charge is -2.11. The summed E-state index contributed by atoms with van der Waals surface area (Å²) in [7, 11) is 0. The van der Waals surface area contributed by atoms with E-state index >= 15 is 0 Å². The Labute approximate surface area is 101 Å². The lowest BCUT2D eigenvalue weighted by molar-refractivity contribution is 1.08. The van der Waals surface area contributed by atoms with Gasteiger partial charge in [-0.15, -0.1) is 0 Å². The normalized spacial score (nSPS) is 12.8. The second-order valence-corrected chi connectivity index (χ2v) is 4.10. The predicted molar refractivity (Wildman–Crippen MR) is 71.3 cm³/mol. The molecular formula is C15H14N2. The zero-order chi connectivity index (χ0) is 11.5. The van der Waals surface area contributed by atoms with E-state index in [2.05, 4.69) is 41.2 Å². The summed E-state index contributed by atoms with van der Waals surface area (Å²) in [6.45, 7) is 0. The van der Waals surface area contributed by atoms with Crippen molar-refractivity contribution >= 4 is 11.4 Å². The number of hydrazine groups is 1. The third kappa shape index (κ3) is 2.02. The Balaban J connectivity index is 1.72. The van der Waals surface area contributed by atoms with E-state index in [1.54, 1.807) is 0 Å². The predicted octanol–water partition coefficient (Wildman–Crippen LogP) is 3.20. The molecule has 0 atom stereocenters. The first-order valence-corrected chi connectivity index (χ1v) is 5.79. The van der Waals surface area contributed by atoms with Crippen LogP contribution in [0, 0.1) is 0 Å². The Morgan fingerprint density at radius 3 is 2.41 bits per heavy atom. The van der Waals surface area contributed by atoms with E-state index in [-0.39, 0.29) is 0 Å². The molecule has 0 unspecified atom stereocenters. The van der Waals surface area contributed by atoms with Crippen molar-refractivity contribution in [2.45, 2.75) is 6.42 Å². The van der Waals surface area contributed by atoms with Crippen LogP contribution in [0.1, 0.15) is 11.1 Å². The van der Waals surface area contributed by atoms with E-state index in [0.717, 1.165) is 17.8 Å². The van der Waals surface area contributed by atoms with Crippen molar-refractivity contribution in [2.75, 3.05) is 5.43 Å². The van der Waals surface area contributed by atoms with Gasteiger partial charge in [-0.3, -0.25) is 0 Å². The van der Waals surface area contributed by atoms with Crippen LogP contribution in [0.3, 0.4) is 0 Å². The van der Waals surface area contributed by atoms with Crippen molar-refractivity contribution in [3.63, 3.8) is 0 Å². The average molecular weight is 222 g/mol. The van der Waals surface area contributed by atoms with Crippen molar-refractivity contribution < 1.29 is 0 Å². The minimum Gasteiger partial charge on any atom is -0.301 e. The van der Waals surface area contributed by atoms with Crippen molar-refractivity contribution in [2.24, 2.45) is 0 Å². The van der Waals surface area contributed by atoms with Gasteiger partial charge >= 0.3 is 0 Å². The fourth-order valence-corrected chi connectivity index (χ4v) is 2.06. The number of hydrogen-bond donors (Lipinski definition) is 2. The smallest absolute Gasteiger partial charge is 0.0578 e. The Morgan fingerprint density at radius 1 is 0.765 bits per heavy atom.